The van der Waals surface area contributed by atoms with E-state index in [-0.39, 0.29) is 11.6 Å². The summed E-state index contributed by atoms with van der Waals surface area (Å²) in [7, 11) is 1.64. The normalized spacial score (nSPS) is 21.8. The molecule has 2 aromatic heterocycles. The van der Waals surface area contributed by atoms with Crippen molar-refractivity contribution in [1.29, 1.82) is 0 Å². The minimum atomic E-state index is -0.274. The molecule has 1 saturated heterocycles. The molecule has 9 nitrogen and oxygen atoms in total. The van der Waals surface area contributed by atoms with Gasteiger partial charge in [0.25, 0.3) is 5.56 Å². The molecule has 1 N–H and O–H groups in total. The summed E-state index contributed by atoms with van der Waals surface area (Å²) in [6, 6.07) is 8.59. The number of rotatable bonds is 6. The van der Waals surface area contributed by atoms with Gasteiger partial charge in [0.2, 0.25) is 0 Å². The smallest absolute Gasteiger partial charge is 0.253 e. The van der Waals surface area contributed by atoms with Crippen LogP contribution >= 0.6 is 0 Å². The third-order valence-corrected chi connectivity index (χ3v) is 8.61. The largest absolute Gasteiger partial charge is 0.497 e. The van der Waals surface area contributed by atoms with E-state index in [0.29, 0.717) is 17.6 Å². The minimum absolute atomic E-state index is 0.0866. The second kappa shape index (κ2) is 10.3. The molecule has 6 rings (SSSR count). The summed E-state index contributed by atoms with van der Waals surface area (Å²) < 4.78 is 7.38. The van der Waals surface area contributed by atoms with E-state index in [9.17, 15) is 4.79 Å². The first kappa shape index (κ1) is 23.6. The van der Waals surface area contributed by atoms with Gasteiger partial charge in [-0.15, -0.1) is 5.10 Å². The Morgan fingerprint density at radius 2 is 1.67 bits per heavy atom. The summed E-state index contributed by atoms with van der Waals surface area (Å²) in [6.07, 6.45) is 11.3. The van der Waals surface area contributed by atoms with E-state index in [2.05, 4.69) is 30.3 Å². The fraction of sp³-hybridized carbons (Fsp3) is 0.630. The van der Waals surface area contributed by atoms with Crippen molar-refractivity contribution in [2.24, 2.45) is 0 Å². The van der Waals surface area contributed by atoms with Crippen LogP contribution in [0.5, 0.6) is 5.75 Å². The van der Waals surface area contributed by atoms with E-state index >= 15 is 0 Å². The molecular formula is C27H37N7O2. The predicted molar refractivity (Wildman–Crippen MR) is 138 cm³/mol. The summed E-state index contributed by atoms with van der Waals surface area (Å²) in [4.78, 5) is 21.8. The zero-order valence-electron chi connectivity index (χ0n) is 21.2. The van der Waals surface area contributed by atoms with E-state index in [1.54, 1.807) is 7.11 Å². The number of pyridine rings is 1. The van der Waals surface area contributed by atoms with Crippen molar-refractivity contribution in [3.63, 3.8) is 0 Å². The van der Waals surface area contributed by atoms with E-state index in [1.165, 1.54) is 44.9 Å². The highest BCUT2D eigenvalue weighted by molar-refractivity contribution is 5.80. The molecule has 0 bridgehead atoms. The highest BCUT2D eigenvalue weighted by Gasteiger charge is 2.35. The van der Waals surface area contributed by atoms with E-state index in [0.717, 1.165) is 61.5 Å². The fourth-order valence-corrected chi connectivity index (χ4v) is 6.62. The Hall–Kier alpha value is -2.78. The molecule has 0 amide bonds. The minimum Gasteiger partial charge on any atom is -0.497 e. The lowest BCUT2D eigenvalue weighted by atomic mass is 9.93. The fourth-order valence-electron chi connectivity index (χ4n) is 6.62. The van der Waals surface area contributed by atoms with Crippen molar-refractivity contribution in [2.45, 2.75) is 75.9 Å². The SMILES string of the molecule is COc1ccc2cc([C@@H](c3nnnn3C3CCCC3)N3CCN(C4CCCCC4)CC3)c(=O)[nH]c2c1. The van der Waals surface area contributed by atoms with Gasteiger partial charge in [-0.1, -0.05) is 32.1 Å². The molecule has 0 spiro atoms. The number of piperazine rings is 1. The number of nitrogens with one attached hydrogen (secondary N) is 1. The Bertz CT molecular complexity index is 1230. The summed E-state index contributed by atoms with van der Waals surface area (Å²) in [5, 5.41) is 14.1. The second-order valence-corrected chi connectivity index (χ2v) is 10.7. The molecule has 2 saturated carbocycles. The summed E-state index contributed by atoms with van der Waals surface area (Å²) in [6.45, 7) is 3.85. The van der Waals surface area contributed by atoms with Gasteiger partial charge in [-0.3, -0.25) is 14.6 Å². The molecule has 3 aliphatic rings. The average molecular weight is 492 g/mol. The van der Waals surface area contributed by atoms with Crippen LogP contribution in [0.4, 0.5) is 0 Å². The first-order valence-corrected chi connectivity index (χ1v) is 13.7. The lowest BCUT2D eigenvalue weighted by Crippen LogP contribution is -2.52. The Kier molecular flexibility index (Phi) is 6.75. The van der Waals surface area contributed by atoms with Gasteiger partial charge in [-0.25, -0.2) is 4.68 Å². The van der Waals surface area contributed by atoms with Gasteiger partial charge in [0.1, 0.15) is 11.8 Å². The lowest BCUT2D eigenvalue weighted by Gasteiger charge is -2.43. The van der Waals surface area contributed by atoms with Crippen LogP contribution in [0.15, 0.2) is 29.1 Å². The molecule has 1 atom stereocenters. The van der Waals surface area contributed by atoms with Crippen molar-refractivity contribution in [3.8, 4) is 5.75 Å². The molecule has 1 aromatic carbocycles. The number of tetrazole rings is 1. The number of hydrogen-bond donors (Lipinski definition) is 1. The van der Waals surface area contributed by atoms with Crippen molar-refractivity contribution in [2.75, 3.05) is 33.3 Å². The number of aromatic nitrogens is 5. The third-order valence-electron chi connectivity index (χ3n) is 8.61. The summed E-state index contributed by atoms with van der Waals surface area (Å²) >= 11 is 0. The monoisotopic (exact) mass is 491 g/mol. The Morgan fingerprint density at radius 1 is 0.944 bits per heavy atom. The van der Waals surface area contributed by atoms with Crippen LogP contribution in [0, 0.1) is 0 Å². The van der Waals surface area contributed by atoms with Gasteiger partial charge in [-0.05, 0) is 59.7 Å². The summed E-state index contributed by atoms with van der Waals surface area (Å²) in [5.41, 5.74) is 1.41. The average Bonchev–Trinajstić information content (AvgIpc) is 3.62. The summed E-state index contributed by atoms with van der Waals surface area (Å²) in [5.74, 6) is 1.53. The number of methoxy groups -OCH3 is 1. The van der Waals surface area contributed by atoms with Gasteiger partial charge >= 0.3 is 0 Å². The number of nitrogens with zero attached hydrogens (tertiary/aromatic N) is 6. The van der Waals surface area contributed by atoms with E-state index in [1.807, 2.05) is 28.9 Å². The third kappa shape index (κ3) is 4.54. The Labute approximate surface area is 211 Å². The molecule has 0 radical (unpaired) electrons. The van der Waals surface area contributed by atoms with Crippen LogP contribution in [0.3, 0.4) is 0 Å². The van der Waals surface area contributed by atoms with E-state index < -0.39 is 0 Å². The lowest BCUT2D eigenvalue weighted by molar-refractivity contribution is 0.0613. The van der Waals surface area contributed by atoms with Gasteiger partial charge in [0, 0.05) is 43.9 Å². The molecule has 36 heavy (non-hydrogen) atoms. The van der Waals surface area contributed by atoms with Crippen LogP contribution < -0.4 is 10.3 Å². The van der Waals surface area contributed by atoms with Crippen molar-refractivity contribution >= 4 is 10.9 Å². The zero-order chi connectivity index (χ0) is 24.5. The molecule has 192 valence electrons. The maximum atomic E-state index is 13.5. The quantitative estimate of drug-likeness (QED) is 0.562. The number of ether oxygens (including phenoxy) is 1. The molecule has 1 aliphatic heterocycles. The van der Waals surface area contributed by atoms with Gasteiger partial charge in [-0.2, -0.15) is 0 Å². The first-order chi connectivity index (χ1) is 17.7. The number of fused-ring (bicyclic) bond motifs is 1. The van der Waals surface area contributed by atoms with Gasteiger partial charge in [0.05, 0.1) is 18.7 Å². The predicted octanol–water partition coefficient (Wildman–Crippen LogP) is 3.68. The number of H-pyrrole nitrogens is 1. The number of aromatic amines is 1. The van der Waals surface area contributed by atoms with Crippen molar-refractivity contribution in [1.82, 2.24) is 35.0 Å². The molecule has 3 fully saturated rings. The van der Waals surface area contributed by atoms with Crippen LogP contribution in [0.2, 0.25) is 0 Å². The van der Waals surface area contributed by atoms with Gasteiger partial charge in [0.15, 0.2) is 5.82 Å². The molecule has 3 heterocycles. The molecule has 2 aliphatic carbocycles. The molecule has 9 heteroatoms. The second-order valence-electron chi connectivity index (χ2n) is 10.7. The highest BCUT2D eigenvalue weighted by Crippen LogP contribution is 2.35. The van der Waals surface area contributed by atoms with Crippen LogP contribution in [0.1, 0.15) is 81.3 Å². The highest BCUT2D eigenvalue weighted by atomic mass is 16.5. The Morgan fingerprint density at radius 3 is 2.42 bits per heavy atom. The van der Waals surface area contributed by atoms with Crippen LogP contribution in [-0.4, -0.2) is 74.3 Å². The molecular weight excluding hydrogens is 454 g/mol. The van der Waals surface area contributed by atoms with Crippen molar-refractivity contribution in [3.05, 3.63) is 46.0 Å². The number of benzene rings is 1. The molecule has 0 unspecified atom stereocenters. The maximum Gasteiger partial charge on any atom is 0.253 e. The number of hydrogen-bond acceptors (Lipinski definition) is 7. The first-order valence-electron chi connectivity index (χ1n) is 13.7. The zero-order valence-corrected chi connectivity index (χ0v) is 21.2. The Balaban J connectivity index is 1.36. The topological polar surface area (TPSA) is 92.2 Å². The van der Waals surface area contributed by atoms with Crippen molar-refractivity contribution < 1.29 is 4.74 Å². The maximum absolute atomic E-state index is 13.5. The van der Waals surface area contributed by atoms with Crippen LogP contribution in [-0.2, 0) is 0 Å². The standard InChI is InChI=1S/C27H37N7O2/c1-36-22-12-11-19-17-23(27(35)28-24(19)18-22)25(26-29-30-31-34(26)21-9-5-6-10-21)33-15-13-32(14-16-33)20-7-3-2-4-8-20/h11-12,17-18,20-21,25H,2-10,13-16H2,1H3,(H,28,35)/t25-/m0/s1. The molecule has 3 aromatic rings. The van der Waals surface area contributed by atoms with Crippen LogP contribution in [0.25, 0.3) is 10.9 Å². The van der Waals surface area contributed by atoms with Gasteiger partial charge < -0.3 is 9.72 Å². The van der Waals surface area contributed by atoms with E-state index in [4.69, 9.17) is 4.74 Å².